The van der Waals surface area contributed by atoms with Crippen LogP contribution in [0, 0.1) is 5.92 Å². The Kier molecular flexibility index (Phi) is 9.03. The molecule has 1 amide bonds. The number of amidine groups is 1. The molecule has 1 aliphatic carbocycles. The zero-order valence-corrected chi connectivity index (χ0v) is 23.6. The third-order valence-electron chi connectivity index (χ3n) is 7.66. The van der Waals surface area contributed by atoms with Gasteiger partial charge in [-0.15, -0.1) is 0 Å². The van der Waals surface area contributed by atoms with E-state index in [9.17, 15) is 4.79 Å². The summed E-state index contributed by atoms with van der Waals surface area (Å²) < 4.78 is 24.4. The molecule has 3 atom stereocenters. The van der Waals surface area contributed by atoms with Gasteiger partial charge in [-0.3, -0.25) is 24.6 Å². The van der Waals surface area contributed by atoms with Crippen LogP contribution >= 0.6 is 0 Å². The van der Waals surface area contributed by atoms with E-state index in [1.54, 1.807) is 6.92 Å². The number of carbonyl (C=O) groups is 1. The topological polar surface area (TPSA) is 123 Å². The number of hydrogen-bond acceptors (Lipinski definition) is 10. The van der Waals surface area contributed by atoms with Crippen molar-refractivity contribution in [1.29, 1.82) is 0 Å². The van der Waals surface area contributed by atoms with E-state index in [1.807, 2.05) is 30.4 Å². The normalized spacial score (nSPS) is 25.5. The van der Waals surface area contributed by atoms with E-state index in [0.29, 0.717) is 57.6 Å². The SMILES string of the molecule is CC1CC=CN=CC2=CCC3OCOC3=C2N2C(OCCCN(C)C(C)C(N)=O)=CC3=NCC(=C2N3)CCOC1. The molecule has 0 radical (unpaired) electrons. The number of aliphatic imine (C=N–C) groups is 2. The lowest BCUT2D eigenvalue weighted by Crippen LogP contribution is -2.45. The quantitative estimate of drug-likeness (QED) is 0.462. The van der Waals surface area contributed by atoms with Crippen LogP contribution in [0.3, 0.4) is 0 Å². The molecule has 216 valence electrons. The summed E-state index contributed by atoms with van der Waals surface area (Å²) in [5.74, 6) is 3.12. The lowest BCUT2D eigenvalue weighted by Gasteiger charge is -2.39. The van der Waals surface area contributed by atoms with Crippen LogP contribution in [0.4, 0.5) is 0 Å². The fourth-order valence-corrected chi connectivity index (χ4v) is 5.11. The predicted octanol–water partition coefficient (Wildman–Crippen LogP) is 2.51. The van der Waals surface area contributed by atoms with Gasteiger partial charge in [0.15, 0.2) is 12.6 Å². The summed E-state index contributed by atoms with van der Waals surface area (Å²) in [5.41, 5.74) is 8.38. The molecule has 0 aromatic rings. The number of nitrogens with two attached hydrogens (primary N) is 1. The minimum absolute atomic E-state index is 0.165. The van der Waals surface area contributed by atoms with E-state index < -0.39 is 0 Å². The standard InChI is InChI=1S/C29H40N6O5/c1-19-6-4-10-31-15-21-7-8-23-27(40-18-39-23)26(21)35-25(38-12-5-11-34(3)20(2)28(30)36)14-24-32-16-22(29(35)33-24)9-13-37-17-19/h4,7,10,14-15,19-20,23H,5-6,8-9,11-13,16-18H2,1-3H3,(H2,30,36)(H,32,33). The Labute approximate surface area is 235 Å². The minimum atomic E-state index is -0.344. The summed E-state index contributed by atoms with van der Waals surface area (Å²) in [7, 11) is 1.89. The highest BCUT2D eigenvalue weighted by Gasteiger charge is 2.39. The predicted molar refractivity (Wildman–Crippen MR) is 152 cm³/mol. The lowest BCUT2D eigenvalue weighted by atomic mass is 9.97. The third kappa shape index (κ3) is 6.32. The van der Waals surface area contributed by atoms with Crippen molar-refractivity contribution in [3.8, 4) is 0 Å². The highest BCUT2D eigenvalue weighted by molar-refractivity contribution is 5.97. The zero-order chi connectivity index (χ0) is 28.1. The Morgan fingerprint density at radius 1 is 1.38 bits per heavy atom. The van der Waals surface area contributed by atoms with Crippen molar-refractivity contribution < 1.29 is 23.7 Å². The van der Waals surface area contributed by atoms with Crippen LogP contribution in [-0.4, -0.2) is 86.7 Å². The van der Waals surface area contributed by atoms with E-state index in [1.165, 1.54) is 0 Å². The van der Waals surface area contributed by atoms with Gasteiger partial charge in [0.05, 0.1) is 31.5 Å². The molecule has 4 aliphatic heterocycles. The second kappa shape index (κ2) is 12.8. The average Bonchev–Trinajstić information content (AvgIpc) is 3.42. The Balaban J connectivity index is 1.48. The van der Waals surface area contributed by atoms with Crippen molar-refractivity contribution in [1.82, 2.24) is 15.1 Å². The van der Waals surface area contributed by atoms with Crippen LogP contribution in [0.15, 0.2) is 68.7 Å². The fourth-order valence-electron chi connectivity index (χ4n) is 5.11. The van der Waals surface area contributed by atoms with Crippen molar-refractivity contribution in [2.75, 3.05) is 46.8 Å². The largest absolute Gasteiger partial charge is 0.478 e. The first-order chi connectivity index (χ1) is 19.4. The van der Waals surface area contributed by atoms with Gasteiger partial charge in [0.1, 0.15) is 17.8 Å². The van der Waals surface area contributed by atoms with E-state index in [0.717, 1.165) is 47.1 Å². The summed E-state index contributed by atoms with van der Waals surface area (Å²) in [6, 6.07) is -0.344. The Hall–Kier alpha value is -3.41. The van der Waals surface area contributed by atoms with Crippen molar-refractivity contribution in [2.24, 2.45) is 21.6 Å². The molecule has 0 aromatic carbocycles. The molecule has 1 saturated heterocycles. The van der Waals surface area contributed by atoms with Gasteiger partial charge in [0, 0.05) is 43.6 Å². The van der Waals surface area contributed by atoms with Crippen molar-refractivity contribution >= 4 is 18.0 Å². The Morgan fingerprint density at radius 2 is 2.25 bits per heavy atom. The molecule has 0 spiro atoms. The van der Waals surface area contributed by atoms with Gasteiger partial charge in [-0.25, -0.2) is 0 Å². The van der Waals surface area contributed by atoms with Crippen LogP contribution in [0.1, 0.15) is 39.5 Å². The molecule has 40 heavy (non-hydrogen) atoms. The number of likely N-dealkylation sites (N-methyl/N-ethyl adjacent to an activating group) is 1. The molecule has 4 heterocycles. The third-order valence-corrected chi connectivity index (χ3v) is 7.66. The first-order valence-electron chi connectivity index (χ1n) is 14.0. The van der Waals surface area contributed by atoms with E-state index in [-0.39, 0.29) is 24.8 Å². The summed E-state index contributed by atoms with van der Waals surface area (Å²) in [6.07, 6.45) is 12.7. The first kappa shape index (κ1) is 28.1. The van der Waals surface area contributed by atoms with Crippen molar-refractivity contribution in [3.05, 3.63) is 58.7 Å². The Morgan fingerprint density at radius 3 is 3.10 bits per heavy atom. The van der Waals surface area contributed by atoms with Gasteiger partial charge < -0.3 is 30.0 Å². The molecule has 11 heteroatoms. The summed E-state index contributed by atoms with van der Waals surface area (Å²) in [4.78, 5) is 24.9. The number of allylic oxidation sites excluding steroid dienone is 2. The van der Waals surface area contributed by atoms with Crippen LogP contribution in [-0.2, 0) is 23.7 Å². The number of amides is 1. The maximum Gasteiger partial charge on any atom is 0.234 e. The average molecular weight is 553 g/mol. The number of carbonyl (C=O) groups excluding carboxylic acids is 1. The number of fused-ring (bicyclic) bond motifs is 4. The number of primary amides is 1. The van der Waals surface area contributed by atoms with Gasteiger partial charge in [-0.1, -0.05) is 19.1 Å². The van der Waals surface area contributed by atoms with Crippen molar-refractivity contribution in [3.63, 3.8) is 0 Å². The Bertz CT molecular complexity index is 1200. The highest BCUT2D eigenvalue weighted by atomic mass is 16.7. The van der Waals surface area contributed by atoms with Gasteiger partial charge in [0.2, 0.25) is 11.8 Å². The maximum atomic E-state index is 11.6. The minimum Gasteiger partial charge on any atom is -0.478 e. The monoisotopic (exact) mass is 552 g/mol. The number of nitrogens with zero attached hydrogens (tertiary/aromatic N) is 4. The van der Waals surface area contributed by atoms with Crippen LogP contribution in [0.2, 0.25) is 0 Å². The van der Waals surface area contributed by atoms with Crippen LogP contribution in [0.25, 0.3) is 0 Å². The van der Waals surface area contributed by atoms with Gasteiger partial charge in [-0.05, 0) is 44.7 Å². The van der Waals surface area contributed by atoms with Crippen LogP contribution < -0.4 is 11.1 Å². The molecule has 0 aromatic heterocycles. The smallest absolute Gasteiger partial charge is 0.234 e. The van der Waals surface area contributed by atoms with Gasteiger partial charge >= 0.3 is 0 Å². The molecule has 5 rings (SSSR count). The maximum absolute atomic E-state index is 11.6. The summed E-state index contributed by atoms with van der Waals surface area (Å²) in [6.45, 7) is 7.16. The van der Waals surface area contributed by atoms with Gasteiger partial charge in [-0.2, -0.15) is 0 Å². The molecular weight excluding hydrogens is 512 g/mol. The molecular formula is C29H40N6O5. The van der Waals surface area contributed by atoms with Crippen LogP contribution in [0.5, 0.6) is 0 Å². The second-order valence-corrected chi connectivity index (χ2v) is 10.7. The molecule has 1 fully saturated rings. The second-order valence-electron chi connectivity index (χ2n) is 10.7. The molecule has 3 N–H and O–H groups in total. The summed E-state index contributed by atoms with van der Waals surface area (Å²) >= 11 is 0. The zero-order valence-electron chi connectivity index (χ0n) is 23.6. The van der Waals surface area contributed by atoms with Crippen molar-refractivity contribution in [2.45, 2.75) is 51.7 Å². The van der Waals surface area contributed by atoms with Gasteiger partial charge in [0.25, 0.3) is 0 Å². The number of ether oxygens (including phenoxy) is 4. The van der Waals surface area contributed by atoms with E-state index >= 15 is 0 Å². The first-order valence-corrected chi connectivity index (χ1v) is 14.0. The fraction of sp³-hybridized carbons (Fsp3) is 0.552. The number of nitrogens with one attached hydrogen (secondary N) is 1. The molecule has 0 saturated carbocycles. The summed E-state index contributed by atoms with van der Waals surface area (Å²) in [5, 5.41) is 3.50. The number of rotatable bonds is 7. The molecule has 3 unspecified atom stereocenters. The molecule has 11 nitrogen and oxygen atoms in total. The number of hydrogen-bond donors (Lipinski definition) is 2. The molecule has 2 bridgehead atoms. The van der Waals surface area contributed by atoms with E-state index in [4.69, 9.17) is 29.7 Å². The molecule has 5 aliphatic rings. The highest BCUT2D eigenvalue weighted by Crippen LogP contribution is 2.39. The lowest BCUT2D eigenvalue weighted by molar-refractivity contribution is -0.122. The van der Waals surface area contributed by atoms with E-state index in [2.05, 4.69) is 34.3 Å².